The molecule has 22 heavy (non-hydrogen) atoms. The van der Waals surface area contributed by atoms with Gasteiger partial charge in [0.2, 0.25) is 0 Å². The quantitative estimate of drug-likeness (QED) is 0.810. The molecule has 0 aliphatic carbocycles. The van der Waals surface area contributed by atoms with Gasteiger partial charge in [0.05, 0.1) is 12.3 Å². The maximum atomic E-state index is 5.94. The number of nitrogens with zero attached hydrogens (tertiary/aromatic N) is 1. The molecule has 2 atom stereocenters. The van der Waals surface area contributed by atoms with E-state index in [1.54, 1.807) is 0 Å². The molecule has 1 N–H and O–H groups in total. The molecule has 124 valence electrons. The van der Waals surface area contributed by atoms with E-state index < -0.39 is 0 Å². The minimum atomic E-state index is 0.553. The number of hydrogen-bond acceptors (Lipinski definition) is 3. The van der Waals surface area contributed by atoms with Gasteiger partial charge in [-0.3, -0.25) is 0 Å². The molecule has 1 saturated heterocycles. The van der Waals surface area contributed by atoms with Gasteiger partial charge in [-0.2, -0.15) is 0 Å². The lowest BCUT2D eigenvalue weighted by molar-refractivity contribution is 0.337. The molecule has 1 aromatic rings. The van der Waals surface area contributed by atoms with Crippen LogP contribution in [0.5, 0.6) is 5.75 Å². The average Bonchev–Trinajstić information content (AvgIpc) is 2.54. The van der Waals surface area contributed by atoms with E-state index in [0.29, 0.717) is 12.1 Å². The van der Waals surface area contributed by atoms with Crippen molar-refractivity contribution in [3.63, 3.8) is 0 Å². The Bertz CT molecular complexity index is 461. The lowest BCUT2D eigenvalue weighted by Gasteiger charge is -2.36. The largest absolute Gasteiger partial charge is 0.492 e. The normalized spacial score (nSPS) is 20.0. The zero-order valence-corrected chi connectivity index (χ0v) is 14.7. The zero-order chi connectivity index (χ0) is 15.9. The molecule has 0 saturated carbocycles. The minimum absolute atomic E-state index is 0.553. The molecule has 2 unspecified atom stereocenters. The summed E-state index contributed by atoms with van der Waals surface area (Å²) in [6, 6.07) is 7.87. The van der Waals surface area contributed by atoms with Crippen LogP contribution in [-0.4, -0.2) is 25.2 Å². The third kappa shape index (κ3) is 4.39. The van der Waals surface area contributed by atoms with E-state index in [4.69, 9.17) is 4.74 Å². The van der Waals surface area contributed by atoms with Crippen LogP contribution in [0.4, 0.5) is 5.69 Å². The summed E-state index contributed by atoms with van der Waals surface area (Å²) in [5.74, 6) is 1.04. The maximum absolute atomic E-state index is 5.94. The van der Waals surface area contributed by atoms with Crippen LogP contribution < -0.4 is 15.0 Å². The fourth-order valence-corrected chi connectivity index (χ4v) is 3.07. The monoisotopic (exact) mass is 304 g/mol. The second-order valence-corrected chi connectivity index (χ2v) is 6.46. The molecule has 1 aromatic carbocycles. The summed E-state index contributed by atoms with van der Waals surface area (Å²) in [7, 11) is 0. The van der Waals surface area contributed by atoms with E-state index in [-0.39, 0.29) is 0 Å². The fourth-order valence-electron chi connectivity index (χ4n) is 3.07. The molecule has 0 aromatic heterocycles. The zero-order valence-electron chi connectivity index (χ0n) is 14.7. The SMILES string of the molecule is CCOc1cc(CNC(C)CC)ccc1N1CCCCC1C. The molecular formula is C19H32N2O. The summed E-state index contributed by atoms with van der Waals surface area (Å²) < 4.78 is 5.94. The average molecular weight is 304 g/mol. The highest BCUT2D eigenvalue weighted by Gasteiger charge is 2.21. The first-order chi connectivity index (χ1) is 10.7. The van der Waals surface area contributed by atoms with Gasteiger partial charge in [-0.25, -0.2) is 0 Å². The number of ether oxygens (including phenoxy) is 1. The molecule has 0 bridgehead atoms. The summed E-state index contributed by atoms with van der Waals surface area (Å²) >= 11 is 0. The summed E-state index contributed by atoms with van der Waals surface area (Å²) in [6.07, 6.45) is 5.07. The maximum Gasteiger partial charge on any atom is 0.142 e. The summed E-state index contributed by atoms with van der Waals surface area (Å²) in [5.41, 5.74) is 2.57. The smallest absolute Gasteiger partial charge is 0.142 e. The highest BCUT2D eigenvalue weighted by atomic mass is 16.5. The summed E-state index contributed by atoms with van der Waals surface area (Å²) in [4.78, 5) is 2.51. The van der Waals surface area contributed by atoms with Crippen LogP contribution in [0, 0.1) is 0 Å². The predicted octanol–water partition coefficient (Wildman–Crippen LogP) is 4.35. The molecule has 0 spiro atoms. The van der Waals surface area contributed by atoms with Crippen LogP contribution in [0.3, 0.4) is 0 Å². The van der Waals surface area contributed by atoms with Gasteiger partial charge in [0.1, 0.15) is 5.75 Å². The molecule has 1 aliphatic rings. The number of piperidine rings is 1. The van der Waals surface area contributed by atoms with Crippen molar-refractivity contribution in [1.29, 1.82) is 0 Å². The van der Waals surface area contributed by atoms with Gasteiger partial charge in [-0.15, -0.1) is 0 Å². The first-order valence-electron chi connectivity index (χ1n) is 8.91. The van der Waals surface area contributed by atoms with Crippen molar-refractivity contribution in [2.24, 2.45) is 0 Å². The third-order valence-corrected chi connectivity index (χ3v) is 4.70. The lowest BCUT2D eigenvalue weighted by Crippen LogP contribution is -2.37. The Labute approximate surface area is 136 Å². The summed E-state index contributed by atoms with van der Waals surface area (Å²) in [6.45, 7) is 11.6. The Morgan fingerprint density at radius 1 is 1.32 bits per heavy atom. The van der Waals surface area contributed by atoms with Crippen molar-refractivity contribution in [3.05, 3.63) is 23.8 Å². The van der Waals surface area contributed by atoms with Crippen LogP contribution in [0.2, 0.25) is 0 Å². The Morgan fingerprint density at radius 2 is 2.14 bits per heavy atom. The van der Waals surface area contributed by atoms with Crippen molar-refractivity contribution < 1.29 is 4.74 Å². The number of nitrogens with one attached hydrogen (secondary N) is 1. The van der Waals surface area contributed by atoms with Gasteiger partial charge in [0.25, 0.3) is 0 Å². The number of rotatable bonds is 7. The molecule has 0 amide bonds. The molecule has 1 fully saturated rings. The van der Waals surface area contributed by atoms with Crippen molar-refractivity contribution in [2.75, 3.05) is 18.1 Å². The third-order valence-electron chi connectivity index (χ3n) is 4.70. The lowest BCUT2D eigenvalue weighted by atomic mass is 10.0. The van der Waals surface area contributed by atoms with Gasteiger partial charge in [0.15, 0.2) is 0 Å². The molecule has 3 nitrogen and oxygen atoms in total. The number of hydrogen-bond donors (Lipinski definition) is 1. The van der Waals surface area contributed by atoms with Crippen molar-refractivity contribution in [2.45, 2.75) is 72.0 Å². The Hall–Kier alpha value is -1.22. The van der Waals surface area contributed by atoms with Gasteiger partial charge in [-0.1, -0.05) is 13.0 Å². The van der Waals surface area contributed by atoms with Crippen LogP contribution >= 0.6 is 0 Å². The van der Waals surface area contributed by atoms with Crippen molar-refractivity contribution >= 4 is 5.69 Å². The van der Waals surface area contributed by atoms with E-state index in [1.807, 2.05) is 0 Å². The first kappa shape index (κ1) is 17.1. The second kappa shape index (κ2) is 8.42. The molecule has 0 radical (unpaired) electrons. The van der Waals surface area contributed by atoms with Crippen LogP contribution in [-0.2, 0) is 6.54 Å². The van der Waals surface area contributed by atoms with Gasteiger partial charge in [0, 0.05) is 25.2 Å². The number of anilines is 1. The van der Waals surface area contributed by atoms with Crippen molar-refractivity contribution in [3.8, 4) is 5.75 Å². The Kier molecular flexibility index (Phi) is 6.56. The van der Waals surface area contributed by atoms with E-state index in [0.717, 1.165) is 31.9 Å². The van der Waals surface area contributed by atoms with Gasteiger partial charge < -0.3 is 15.0 Å². The van der Waals surface area contributed by atoms with Gasteiger partial charge in [-0.05, 0) is 64.2 Å². The first-order valence-corrected chi connectivity index (χ1v) is 8.91. The van der Waals surface area contributed by atoms with Crippen LogP contribution in [0.1, 0.15) is 58.9 Å². The van der Waals surface area contributed by atoms with Crippen LogP contribution in [0.25, 0.3) is 0 Å². The minimum Gasteiger partial charge on any atom is -0.492 e. The highest BCUT2D eigenvalue weighted by Crippen LogP contribution is 2.34. The van der Waals surface area contributed by atoms with Gasteiger partial charge >= 0.3 is 0 Å². The van der Waals surface area contributed by atoms with E-state index in [1.165, 1.54) is 30.5 Å². The summed E-state index contributed by atoms with van der Waals surface area (Å²) in [5, 5.41) is 3.56. The Morgan fingerprint density at radius 3 is 2.82 bits per heavy atom. The molecule has 3 heteroatoms. The molecule has 2 rings (SSSR count). The van der Waals surface area contributed by atoms with Crippen molar-refractivity contribution in [1.82, 2.24) is 5.32 Å². The van der Waals surface area contributed by atoms with Crippen LogP contribution in [0.15, 0.2) is 18.2 Å². The highest BCUT2D eigenvalue weighted by molar-refractivity contribution is 5.60. The molecule has 1 aliphatic heterocycles. The number of benzene rings is 1. The van der Waals surface area contributed by atoms with E-state index in [9.17, 15) is 0 Å². The molecular weight excluding hydrogens is 272 g/mol. The topological polar surface area (TPSA) is 24.5 Å². The fraction of sp³-hybridized carbons (Fsp3) is 0.684. The Balaban J connectivity index is 2.15. The van der Waals surface area contributed by atoms with E-state index >= 15 is 0 Å². The second-order valence-electron chi connectivity index (χ2n) is 6.46. The molecule has 1 heterocycles. The predicted molar refractivity (Wildman–Crippen MR) is 94.9 cm³/mol. The standard InChI is InChI=1S/C19H32N2O/c1-5-15(3)20-14-17-10-11-18(19(13-17)22-6-2)21-12-8-7-9-16(21)4/h10-11,13,15-16,20H,5-9,12,14H2,1-4H3. The van der Waals surface area contributed by atoms with E-state index in [2.05, 4.69) is 56.1 Å².